The van der Waals surface area contributed by atoms with Crippen LogP contribution in [0.3, 0.4) is 0 Å². The first kappa shape index (κ1) is 9.80. The zero-order valence-corrected chi connectivity index (χ0v) is 7.75. The van der Waals surface area contributed by atoms with Gasteiger partial charge in [-0.15, -0.1) is 0 Å². The van der Waals surface area contributed by atoms with Crippen molar-refractivity contribution in [2.75, 3.05) is 7.11 Å². The predicted octanol–water partition coefficient (Wildman–Crippen LogP) is 1.46. The molecule has 0 spiro atoms. The molecule has 0 amide bonds. The molecule has 2 N–H and O–H groups in total. The highest BCUT2D eigenvalue weighted by atomic mass is 19.1. The van der Waals surface area contributed by atoms with Gasteiger partial charge < -0.3 is 15.4 Å². The van der Waals surface area contributed by atoms with Gasteiger partial charge in [0.2, 0.25) is 0 Å². The number of rotatable bonds is 2. The Morgan fingerprint density at radius 3 is 2.85 bits per heavy atom. The number of allylic oxidation sites excluding steroid dienone is 3. The lowest BCUT2D eigenvalue weighted by Crippen LogP contribution is -2.37. The second-order valence-electron chi connectivity index (χ2n) is 2.85. The third-order valence-corrected chi connectivity index (χ3v) is 1.84. The van der Waals surface area contributed by atoms with Crippen molar-refractivity contribution in [2.45, 2.75) is 13.2 Å². The molecular weight excluding hydrogens is 171 g/mol. The number of halogens is 1. The average Bonchev–Trinajstić information content (AvgIpc) is 2.09. The lowest BCUT2D eigenvalue weighted by molar-refractivity contribution is 0.0360. The van der Waals surface area contributed by atoms with Crippen molar-refractivity contribution in [3.05, 3.63) is 36.1 Å². The smallest absolute Gasteiger partial charge is 0.176 e. The van der Waals surface area contributed by atoms with Crippen LogP contribution in [-0.2, 0) is 4.74 Å². The van der Waals surface area contributed by atoms with Crippen LogP contribution in [0.2, 0.25) is 0 Å². The van der Waals surface area contributed by atoms with Gasteiger partial charge in [0.15, 0.2) is 6.23 Å². The van der Waals surface area contributed by atoms with Crippen LogP contribution < -0.4 is 5.73 Å². The van der Waals surface area contributed by atoms with E-state index in [1.54, 1.807) is 18.0 Å². The summed E-state index contributed by atoms with van der Waals surface area (Å²) in [7, 11) is 1.47. The van der Waals surface area contributed by atoms with Crippen molar-refractivity contribution in [3.63, 3.8) is 0 Å². The van der Waals surface area contributed by atoms with Crippen LogP contribution in [0.15, 0.2) is 36.1 Å². The highest BCUT2D eigenvalue weighted by Crippen LogP contribution is 2.22. The fourth-order valence-electron chi connectivity index (χ4n) is 1.16. The molecule has 0 aromatic rings. The first-order valence-electron chi connectivity index (χ1n) is 3.88. The van der Waals surface area contributed by atoms with Crippen molar-refractivity contribution in [2.24, 2.45) is 5.73 Å². The fraction of sp³-hybridized carbons (Fsp3) is 0.333. The maximum absolute atomic E-state index is 13.0. The van der Waals surface area contributed by atoms with Gasteiger partial charge in [-0.1, -0.05) is 6.58 Å². The molecule has 1 heterocycles. The Bertz CT molecular complexity index is 283. The average molecular weight is 184 g/mol. The summed E-state index contributed by atoms with van der Waals surface area (Å²) in [5, 5.41) is 0. The number of ether oxygens (including phenoxy) is 1. The van der Waals surface area contributed by atoms with E-state index >= 15 is 0 Å². The van der Waals surface area contributed by atoms with Crippen LogP contribution in [0.1, 0.15) is 6.92 Å². The Morgan fingerprint density at radius 2 is 2.38 bits per heavy atom. The summed E-state index contributed by atoms with van der Waals surface area (Å²) >= 11 is 0. The van der Waals surface area contributed by atoms with E-state index < -0.39 is 12.1 Å². The van der Waals surface area contributed by atoms with Crippen LogP contribution in [0, 0.1) is 0 Å². The monoisotopic (exact) mass is 184 g/mol. The summed E-state index contributed by atoms with van der Waals surface area (Å²) in [4.78, 5) is 1.67. The van der Waals surface area contributed by atoms with Crippen LogP contribution in [0.5, 0.6) is 0 Å². The Balaban J connectivity index is 2.96. The normalized spacial score (nSPS) is 22.4. The maximum Gasteiger partial charge on any atom is 0.176 e. The van der Waals surface area contributed by atoms with Crippen molar-refractivity contribution < 1.29 is 9.13 Å². The molecule has 1 atom stereocenters. The maximum atomic E-state index is 13.0. The van der Waals surface area contributed by atoms with Crippen LogP contribution >= 0.6 is 0 Å². The minimum absolute atomic E-state index is 0.0769. The van der Waals surface area contributed by atoms with E-state index in [0.29, 0.717) is 0 Å². The fourth-order valence-corrected chi connectivity index (χ4v) is 1.16. The van der Waals surface area contributed by atoms with E-state index in [9.17, 15) is 4.39 Å². The zero-order chi connectivity index (χ0) is 10.0. The van der Waals surface area contributed by atoms with Gasteiger partial charge in [-0.25, -0.2) is 4.39 Å². The highest BCUT2D eigenvalue weighted by molar-refractivity contribution is 5.26. The highest BCUT2D eigenvalue weighted by Gasteiger charge is 2.24. The van der Waals surface area contributed by atoms with Crippen molar-refractivity contribution in [1.29, 1.82) is 0 Å². The molecule has 0 fully saturated rings. The Hall–Kier alpha value is -1.29. The third-order valence-electron chi connectivity index (χ3n) is 1.84. The number of methoxy groups -OCH3 is 1. The lowest BCUT2D eigenvalue weighted by Gasteiger charge is -2.32. The molecule has 0 radical (unpaired) electrons. The summed E-state index contributed by atoms with van der Waals surface area (Å²) in [6.45, 7) is 5.53. The topological polar surface area (TPSA) is 38.5 Å². The van der Waals surface area contributed by atoms with Gasteiger partial charge >= 0.3 is 0 Å². The van der Waals surface area contributed by atoms with Gasteiger partial charge in [0.05, 0.1) is 5.70 Å². The SMILES string of the molecule is C=C(C)N1C=CC(F)=C(N)C1OC. The van der Waals surface area contributed by atoms with E-state index in [4.69, 9.17) is 10.5 Å². The summed E-state index contributed by atoms with van der Waals surface area (Å²) in [5.41, 5.74) is 6.33. The molecule has 4 heteroatoms. The predicted molar refractivity (Wildman–Crippen MR) is 48.9 cm³/mol. The van der Waals surface area contributed by atoms with Crippen molar-refractivity contribution in [1.82, 2.24) is 4.90 Å². The number of hydrogen-bond donors (Lipinski definition) is 1. The molecule has 0 bridgehead atoms. The zero-order valence-electron chi connectivity index (χ0n) is 7.75. The van der Waals surface area contributed by atoms with Gasteiger partial charge in [0, 0.05) is 19.0 Å². The molecule has 0 aliphatic carbocycles. The van der Waals surface area contributed by atoms with E-state index in [0.717, 1.165) is 5.70 Å². The third kappa shape index (κ3) is 1.72. The minimum atomic E-state index is -0.581. The van der Waals surface area contributed by atoms with E-state index in [2.05, 4.69) is 6.58 Å². The molecule has 1 unspecified atom stereocenters. The molecule has 0 aromatic carbocycles. The molecule has 0 aromatic heterocycles. The summed E-state index contributed by atoms with van der Waals surface area (Å²) < 4.78 is 18.0. The van der Waals surface area contributed by atoms with Crippen molar-refractivity contribution >= 4 is 0 Å². The van der Waals surface area contributed by atoms with Gasteiger partial charge in [0.25, 0.3) is 0 Å². The molecular formula is C9H13FN2O. The largest absolute Gasteiger partial charge is 0.396 e. The number of hydrogen-bond acceptors (Lipinski definition) is 3. The number of nitrogens with two attached hydrogens (primary N) is 1. The summed E-state index contributed by atoms with van der Waals surface area (Å²) in [6.07, 6.45) is 2.27. The molecule has 3 nitrogen and oxygen atoms in total. The van der Waals surface area contributed by atoms with Crippen molar-refractivity contribution in [3.8, 4) is 0 Å². The molecule has 1 aliphatic rings. The van der Waals surface area contributed by atoms with Crippen LogP contribution in [0.4, 0.5) is 4.39 Å². The summed E-state index contributed by atoms with van der Waals surface area (Å²) in [6, 6.07) is 0. The van der Waals surface area contributed by atoms with Gasteiger partial charge in [-0.2, -0.15) is 0 Å². The first-order valence-corrected chi connectivity index (χ1v) is 3.88. The number of nitrogens with zero attached hydrogens (tertiary/aromatic N) is 1. The second-order valence-corrected chi connectivity index (χ2v) is 2.85. The van der Waals surface area contributed by atoms with E-state index in [-0.39, 0.29) is 5.70 Å². The van der Waals surface area contributed by atoms with E-state index in [1.165, 1.54) is 13.2 Å². The van der Waals surface area contributed by atoms with Crippen LogP contribution in [-0.4, -0.2) is 18.2 Å². The Labute approximate surface area is 77.0 Å². The molecule has 0 saturated heterocycles. The molecule has 1 rings (SSSR count). The molecule has 13 heavy (non-hydrogen) atoms. The first-order chi connectivity index (χ1) is 6.07. The Kier molecular flexibility index (Phi) is 2.72. The second kappa shape index (κ2) is 3.62. The quantitative estimate of drug-likeness (QED) is 0.706. The van der Waals surface area contributed by atoms with Gasteiger partial charge in [-0.05, 0) is 13.0 Å². The standard InChI is InChI=1S/C9H13FN2O/c1-6(2)12-5-4-7(10)8(11)9(12)13-3/h4-5,9H,1,11H2,2-3H3. The summed E-state index contributed by atoms with van der Waals surface area (Å²) in [5.74, 6) is -0.454. The lowest BCUT2D eigenvalue weighted by atomic mass is 10.2. The van der Waals surface area contributed by atoms with Gasteiger partial charge in [-0.3, -0.25) is 0 Å². The van der Waals surface area contributed by atoms with Gasteiger partial charge in [0.1, 0.15) is 5.83 Å². The molecule has 72 valence electrons. The van der Waals surface area contributed by atoms with E-state index in [1.807, 2.05) is 0 Å². The van der Waals surface area contributed by atoms with Crippen LogP contribution in [0.25, 0.3) is 0 Å². The minimum Gasteiger partial charge on any atom is -0.396 e. The molecule has 1 aliphatic heterocycles. The molecule has 0 saturated carbocycles. The Morgan fingerprint density at radius 1 is 1.77 bits per heavy atom.